The van der Waals surface area contributed by atoms with Crippen molar-refractivity contribution in [3.8, 4) is 34.4 Å². The summed E-state index contributed by atoms with van der Waals surface area (Å²) in [5.41, 5.74) is 7.43. The minimum atomic E-state index is 0.187. The van der Waals surface area contributed by atoms with Crippen molar-refractivity contribution in [2.45, 2.75) is 38.4 Å². The van der Waals surface area contributed by atoms with Crippen LogP contribution in [0.3, 0.4) is 0 Å². The van der Waals surface area contributed by atoms with E-state index in [1.807, 2.05) is 24.3 Å². The first-order valence-corrected chi connectivity index (χ1v) is 12.9. The monoisotopic (exact) mass is 493 g/mol. The van der Waals surface area contributed by atoms with Gasteiger partial charge in [0, 0.05) is 49.2 Å². The number of anilines is 1. The molecular formula is C29H31N7O. The minimum Gasteiger partial charge on any atom is -0.395 e. The highest BCUT2D eigenvalue weighted by Gasteiger charge is 2.27. The second kappa shape index (κ2) is 9.51. The molecule has 0 aliphatic carbocycles. The van der Waals surface area contributed by atoms with Gasteiger partial charge in [-0.15, -0.1) is 10.2 Å². The fourth-order valence-corrected chi connectivity index (χ4v) is 5.64. The van der Waals surface area contributed by atoms with Crippen LogP contribution in [-0.4, -0.2) is 68.2 Å². The van der Waals surface area contributed by atoms with Crippen molar-refractivity contribution in [2.24, 2.45) is 0 Å². The predicted molar refractivity (Wildman–Crippen MR) is 144 cm³/mol. The lowest BCUT2D eigenvalue weighted by Crippen LogP contribution is -2.47. The maximum absolute atomic E-state index is 9.54. The zero-order valence-corrected chi connectivity index (χ0v) is 21.2. The molecular weight excluding hydrogens is 462 g/mol. The first-order valence-electron chi connectivity index (χ1n) is 12.9. The quantitative estimate of drug-likeness (QED) is 0.399. The van der Waals surface area contributed by atoms with Gasteiger partial charge in [0.1, 0.15) is 6.33 Å². The van der Waals surface area contributed by atoms with Gasteiger partial charge in [0.25, 0.3) is 0 Å². The number of nitriles is 1. The van der Waals surface area contributed by atoms with Crippen molar-refractivity contribution < 1.29 is 5.11 Å². The molecule has 1 fully saturated rings. The Morgan fingerprint density at radius 3 is 2.62 bits per heavy atom. The highest BCUT2D eigenvalue weighted by Crippen LogP contribution is 2.35. The molecule has 6 rings (SSSR count). The third-order valence-electron chi connectivity index (χ3n) is 8.05. The van der Waals surface area contributed by atoms with E-state index in [1.165, 1.54) is 11.3 Å². The largest absolute Gasteiger partial charge is 0.395 e. The Morgan fingerprint density at radius 1 is 1.11 bits per heavy atom. The van der Waals surface area contributed by atoms with Crippen molar-refractivity contribution in [1.29, 1.82) is 5.26 Å². The van der Waals surface area contributed by atoms with E-state index in [4.69, 9.17) is 5.26 Å². The molecule has 188 valence electrons. The van der Waals surface area contributed by atoms with E-state index in [9.17, 15) is 5.11 Å². The number of aliphatic hydroxyl groups excluding tert-OH is 1. The summed E-state index contributed by atoms with van der Waals surface area (Å²) in [6, 6.07) is 19.4. The van der Waals surface area contributed by atoms with Crippen LogP contribution in [0.15, 0.2) is 61.1 Å². The molecule has 4 aromatic rings. The van der Waals surface area contributed by atoms with Gasteiger partial charge in [-0.3, -0.25) is 9.47 Å². The molecule has 0 bridgehead atoms. The number of aromatic nitrogens is 4. The van der Waals surface area contributed by atoms with Crippen molar-refractivity contribution in [2.75, 3.05) is 31.6 Å². The van der Waals surface area contributed by atoms with Crippen LogP contribution in [-0.2, 0) is 6.54 Å². The Labute approximate surface area is 217 Å². The molecule has 0 saturated carbocycles. The summed E-state index contributed by atoms with van der Waals surface area (Å²) in [6.07, 6.45) is 6.13. The Hall–Kier alpha value is -3.93. The van der Waals surface area contributed by atoms with Gasteiger partial charge in [-0.2, -0.15) is 5.26 Å². The molecule has 8 nitrogen and oxygen atoms in total. The summed E-state index contributed by atoms with van der Waals surface area (Å²) in [4.78, 5) is 4.80. The number of hydrogen-bond acceptors (Lipinski definition) is 6. The van der Waals surface area contributed by atoms with Gasteiger partial charge in [-0.1, -0.05) is 12.1 Å². The third kappa shape index (κ3) is 4.20. The minimum absolute atomic E-state index is 0.187. The molecule has 2 aromatic carbocycles. The lowest BCUT2D eigenvalue weighted by molar-refractivity contribution is 0.106. The van der Waals surface area contributed by atoms with Crippen LogP contribution >= 0.6 is 0 Å². The Bertz CT molecular complexity index is 1450. The van der Waals surface area contributed by atoms with E-state index >= 15 is 0 Å². The fraction of sp³-hybridized carbons (Fsp3) is 0.345. The summed E-state index contributed by atoms with van der Waals surface area (Å²) < 4.78 is 4.33. The smallest absolute Gasteiger partial charge is 0.185 e. The predicted octanol–water partition coefficient (Wildman–Crippen LogP) is 3.92. The second-order valence-electron chi connectivity index (χ2n) is 10.2. The van der Waals surface area contributed by atoms with E-state index < -0.39 is 0 Å². The van der Waals surface area contributed by atoms with Crippen molar-refractivity contribution in [1.82, 2.24) is 24.2 Å². The molecule has 37 heavy (non-hydrogen) atoms. The van der Waals surface area contributed by atoms with Crippen LogP contribution in [0.2, 0.25) is 0 Å². The molecule has 0 amide bonds. The molecule has 0 radical (unpaired) electrons. The van der Waals surface area contributed by atoms with Crippen molar-refractivity contribution in [3.63, 3.8) is 0 Å². The van der Waals surface area contributed by atoms with Crippen LogP contribution in [0, 0.1) is 11.3 Å². The third-order valence-corrected chi connectivity index (χ3v) is 8.05. The number of nitrogens with zero attached hydrogens (tertiary/aromatic N) is 7. The van der Waals surface area contributed by atoms with E-state index in [0.717, 1.165) is 60.8 Å². The van der Waals surface area contributed by atoms with Gasteiger partial charge < -0.3 is 14.6 Å². The Balaban J connectivity index is 1.29. The highest BCUT2D eigenvalue weighted by molar-refractivity contribution is 5.72. The van der Waals surface area contributed by atoms with Gasteiger partial charge in [0.15, 0.2) is 5.82 Å². The molecule has 1 atom stereocenters. The van der Waals surface area contributed by atoms with Crippen LogP contribution < -0.4 is 4.90 Å². The first kappa shape index (κ1) is 23.5. The van der Waals surface area contributed by atoms with E-state index in [2.05, 4.69) is 79.6 Å². The number of aliphatic hydroxyl groups is 1. The van der Waals surface area contributed by atoms with Crippen LogP contribution in [0.1, 0.15) is 30.9 Å². The molecule has 8 heteroatoms. The summed E-state index contributed by atoms with van der Waals surface area (Å²) in [5.74, 6) is 0.827. The average molecular weight is 494 g/mol. The molecule has 2 aromatic heterocycles. The topological polar surface area (TPSA) is 86.1 Å². The first-order chi connectivity index (χ1) is 18.1. The SMILES string of the molecule is CC(CO)N(C)C1CCN(c2ccc3c(c2)Cn2cc(-c4ccc(C#N)cc4)cc2-c2nncn2-3)CC1. The number of rotatable bonds is 5. The Morgan fingerprint density at radius 2 is 1.89 bits per heavy atom. The van der Waals surface area contributed by atoms with Crippen LogP contribution in [0.25, 0.3) is 28.3 Å². The van der Waals surface area contributed by atoms with Crippen molar-refractivity contribution >= 4 is 5.69 Å². The summed E-state index contributed by atoms with van der Waals surface area (Å²) in [6.45, 7) is 5.02. The van der Waals surface area contributed by atoms with Gasteiger partial charge in [0.2, 0.25) is 0 Å². The number of benzene rings is 2. The molecule has 1 unspecified atom stereocenters. The maximum atomic E-state index is 9.54. The van der Waals surface area contributed by atoms with Crippen LogP contribution in [0.5, 0.6) is 0 Å². The van der Waals surface area contributed by atoms with Gasteiger partial charge in [0.05, 0.1) is 29.6 Å². The van der Waals surface area contributed by atoms with E-state index in [0.29, 0.717) is 11.6 Å². The van der Waals surface area contributed by atoms with Gasteiger partial charge in [-0.05, 0) is 74.3 Å². The summed E-state index contributed by atoms with van der Waals surface area (Å²) in [7, 11) is 2.13. The molecule has 2 aliphatic rings. The molecule has 4 heterocycles. The number of piperidine rings is 1. The highest BCUT2D eigenvalue weighted by atomic mass is 16.3. The number of hydrogen-bond donors (Lipinski definition) is 1. The normalized spacial score (nSPS) is 16.0. The lowest BCUT2D eigenvalue weighted by Gasteiger charge is -2.40. The summed E-state index contributed by atoms with van der Waals surface area (Å²) in [5, 5.41) is 27.4. The standard InChI is InChI=1S/C29H31N7O/c1-20(18-37)33(2)25-9-11-34(12-10-25)26-7-8-27-24(13-26)17-35-16-23(22-5-3-21(15-30)4-6-22)14-28(35)29-32-31-19-36(27)29/h3-8,13-14,16,19-20,25,37H,9-12,17-18H2,1-2H3. The fourth-order valence-electron chi connectivity index (χ4n) is 5.64. The van der Waals surface area contributed by atoms with Crippen molar-refractivity contribution in [3.05, 3.63) is 72.2 Å². The van der Waals surface area contributed by atoms with E-state index in [-0.39, 0.29) is 12.6 Å². The summed E-state index contributed by atoms with van der Waals surface area (Å²) >= 11 is 0. The number of likely N-dealkylation sites (N-methyl/N-ethyl adjacent to an activating group) is 1. The zero-order valence-electron chi connectivity index (χ0n) is 21.2. The number of fused-ring (bicyclic) bond motifs is 5. The lowest BCUT2D eigenvalue weighted by atomic mass is 10.0. The van der Waals surface area contributed by atoms with Gasteiger partial charge >= 0.3 is 0 Å². The molecule has 0 spiro atoms. The van der Waals surface area contributed by atoms with E-state index in [1.54, 1.807) is 6.33 Å². The molecule has 2 aliphatic heterocycles. The van der Waals surface area contributed by atoms with Gasteiger partial charge in [-0.25, -0.2) is 0 Å². The maximum Gasteiger partial charge on any atom is 0.185 e. The second-order valence-corrected chi connectivity index (χ2v) is 10.2. The molecule has 1 saturated heterocycles. The zero-order chi connectivity index (χ0) is 25.5. The van der Waals surface area contributed by atoms with Crippen LogP contribution in [0.4, 0.5) is 5.69 Å². The molecule has 1 N–H and O–H groups in total. The Kier molecular flexibility index (Phi) is 6.03. The average Bonchev–Trinajstić information content (AvgIpc) is 3.57.